The van der Waals surface area contributed by atoms with Crippen LogP contribution in [0.15, 0.2) is 29.3 Å². The van der Waals surface area contributed by atoms with Gasteiger partial charge >= 0.3 is 0 Å². The highest BCUT2D eigenvalue weighted by molar-refractivity contribution is 14.0. The average Bonchev–Trinajstić information content (AvgIpc) is 3.29. The molecule has 0 spiro atoms. The first-order chi connectivity index (χ1) is 11.1. The summed E-state index contributed by atoms with van der Waals surface area (Å²) in [4.78, 5) is 4.50. The number of benzene rings is 1. The van der Waals surface area contributed by atoms with Crippen LogP contribution in [0.1, 0.15) is 44.6 Å². The summed E-state index contributed by atoms with van der Waals surface area (Å²) in [5.41, 5.74) is 0.0565. The monoisotopic (exact) mass is 447 g/mol. The van der Waals surface area contributed by atoms with Gasteiger partial charge in [0.25, 0.3) is 0 Å². The smallest absolute Gasteiger partial charge is 0.191 e. The molecule has 3 rings (SSSR count). The number of hydrogen-bond acceptors (Lipinski definition) is 2. The molecule has 1 aromatic carbocycles. The minimum atomic E-state index is -0.620. The summed E-state index contributed by atoms with van der Waals surface area (Å²) in [5, 5.41) is 16.7. The van der Waals surface area contributed by atoms with E-state index in [1.807, 2.05) is 19.1 Å². The van der Waals surface area contributed by atoms with Crippen LogP contribution in [0.3, 0.4) is 0 Å². The van der Waals surface area contributed by atoms with Gasteiger partial charge < -0.3 is 15.7 Å². The number of rotatable bonds is 6. The van der Waals surface area contributed by atoms with Crippen molar-refractivity contribution in [2.45, 2.75) is 50.0 Å². The van der Waals surface area contributed by atoms with Gasteiger partial charge in [0.05, 0.1) is 12.1 Å². The van der Waals surface area contributed by atoms with E-state index in [0.717, 1.165) is 44.2 Å². The second-order valence-electron chi connectivity index (χ2n) is 6.89. The number of halogens is 2. The summed E-state index contributed by atoms with van der Waals surface area (Å²) >= 11 is 0. The number of aliphatic imine (C=N–C) groups is 1. The summed E-state index contributed by atoms with van der Waals surface area (Å²) in [6.45, 7) is 3.86. The first-order valence-electron chi connectivity index (χ1n) is 8.57. The number of hydrogen-bond donors (Lipinski definition) is 3. The molecule has 3 N–H and O–H groups in total. The van der Waals surface area contributed by atoms with Crippen molar-refractivity contribution in [3.63, 3.8) is 0 Å². The first kappa shape index (κ1) is 19.4. The van der Waals surface area contributed by atoms with Crippen molar-refractivity contribution in [3.8, 4) is 0 Å². The molecule has 0 atom stereocenters. The largest absolute Gasteiger partial charge is 0.388 e. The van der Waals surface area contributed by atoms with Gasteiger partial charge in [0.15, 0.2) is 5.96 Å². The number of nitrogens with zero attached hydrogens (tertiary/aromatic N) is 1. The van der Waals surface area contributed by atoms with Gasteiger partial charge in [-0.15, -0.1) is 24.0 Å². The van der Waals surface area contributed by atoms with Crippen LogP contribution in [0.25, 0.3) is 0 Å². The van der Waals surface area contributed by atoms with Crippen molar-refractivity contribution < 1.29 is 9.50 Å². The third kappa shape index (κ3) is 4.39. The second-order valence-corrected chi connectivity index (χ2v) is 6.89. The molecular formula is C18H27FIN3O. The lowest BCUT2D eigenvalue weighted by Gasteiger charge is -2.35. The Hall–Kier alpha value is -0.890. The van der Waals surface area contributed by atoms with E-state index in [0.29, 0.717) is 19.0 Å². The Morgan fingerprint density at radius 2 is 1.92 bits per heavy atom. The molecule has 2 saturated carbocycles. The molecular weight excluding hydrogens is 420 g/mol. The van der Waals surface area contributed by atoms with Gasteiger partial charge in [0.1, 0.15) is 5.82 Å². The molecule has 0 saturated heterocycles. The van der Waals surface area contributed by atoms with E-state index in [1.165, 1.54) is 6.07 Å². The normalized spacial score (nSPS) is 20.5. The highest BCUT2D eigenvalue weighted by atomic mass is 127. The Morgan fingerprint density at radius 3 is 2.46 bits per heavy atom. The molecule has 0 heterocycles. The van der Waals surface area contributed by atoms with Crippen LogP contribution >= 0.6 is 24.0 Å². The van der Waals surface area contributed by atoms with Gasteiger partial charge in [-0.3, -0.25) is 4.99 Å². The van der Waals surface area contributed by atoms with E-state index in [4.69, 9.17) is 0 Å². The third-order valence-corrected chi connectivity index (χ3v) is 5.05. The maximum Gasteiger partial charge on any atom is 0.191 e. The van der Waals surface area contributed by atoms with Crippen LogP contribution in [0.4, 0.5) is 4.39 Å². The molecule has 0 aromatic heterocycles. The molecule has 134 valence electrons. The third-order valence-electron chi connectivity index (χ3n) is 5.05. The fourth-order valence-corrected chi connectivity index (χ4v) is 3.15. The fraction of sp³-hybridized carbons (Fsp3) is 0.611. The highest BCUT2D eigenvalue weighted by Gasteiger charge is 2.45. The Bertz CT molecular complexity index is 585. The maximum absolute atomic E-state index is 14.0. The lowest BCUT2D eigenvalue weighted by Crippen LogP contribution is -2.44. The zero-order chi connectivity index (χ0) is 16.3. The van der Waals surface area contributed by atoms with Crippen LogP contribution in [0.5, 0.6) is 0 Å². The van der Waals surface area contributed by atoms with Gasteiger partial charge in [0, 0.05) is 18.5 Å². The molecule has 4 nitrogen and oxygen atoms in total. The Morgan fingerprint density at radius 1 is 1.21 bits per heavy atom. The summed E-state index contributed by atoms with van der Waals surface area (Å²) < 4.78 is 14.0. The maximum atomic E-state index is 14.0. The minimum Gasteiger partial charge on any atom is -0.388 e. The Labute approximate surface area is 160 Å². The molecule has 1 aromatic rings. The van der Waals surface area contributed by atoms with E-state index in [9.17, 15) is 9.50 Å². The molecule has 0 unspecified atom stereocenters. The Balaban J connectivity index is 0.00000208. The van der Waals surface area contributed by atoms with Gasteiger partial charge in [-0.25, -0.2) is 4.39 Å². The number of guanidine groups is 1. The van der Waals surface area contributed by atoms with Crippen LogP contribution < -0.4 is 10.6 Å². The predicted octanol–water partition coefficient (Wildman–Crippen LogP) is 2.95. The molecule has 0 aliphatic heterocycles. The number of nitrogens with one attached hydrogen (secondary N) is 2. The topological polar surface area (TPSA) is 56.7 Å². The highest BCUT2D eigenvalue weighted by Crippen LogP contribution is 2.48. The molecule has 0 bridgehead atoms. The molecule has 2 aliphatic rings. The van der Waals surface area contributed by atoms with Crippen LogP contribution in [0.2, 0.25) is 0 Å². The van der Waals surface area contributed by atoms with Crippen LogP contribution in [-0.4, -0.2) is 36.3 Å². The van der Waals surface area contributed by atoms with Gasteiger partial charge in [0.2, 0.25) is 0 Å². The molecule has 6 heteroatoms. The average molecular weight is 447 g/mol. The SMILES string of the molecule is CCNC(=NCC1(O)CCC1)NCC1(c2ccccc2F)CC1.I. The van der Waals surface area contributed by atoms with E-state index < -0.39 is 5.60 Å². The zero-order valence-corrected chi connectivity index (χ0v) is 16.5. The first-order valence-corrected chi connectivity index (χ1v) is 8.57. The quantitative estimate of drug-likeness (QED) is 0.357. The standard InChI is InChI=1S/C18H26FN3O.HI/c1-2-20-16(22-13-18(23)8-5-9-18)21-12-17(10-11-17)14-6-3-4-7-15(14)19;/h3-4,6-7,23H,2,5,8-13H2,1H3,(H2,20,21,22);1H. The van der Waals surface area contributed by atoms with E-state index in [1.54, 1.807) is 6.07 Å². The second kappa shape index (κ2) is 7.99. The lowest BCUT2D eigenvalue weighted by atomic mass is 9.80. The van der Waals surface area contributed by atoms with Crippen molar-refractivity contribution >= 4 is 29.9 Å². The van der Waals surface area contributed by atoms with Gasteiger partial charge in [-0.05, 0) is 50.7 Å². The van der Waals surface area contributed by atoms with Crippen LogP contribution in [-0.2, 0) is 5.41 Å². The van der Waals surface area contributed by atoms with E-state index in [2.05, 4.69) is 15.6 Å². The molecule has 0 radical (unpaired) electrons. The predicted molar refractivity (Wildman–Crippen MR) is 106 cm³/mol. The van der Waals surface area contributed by atoms with Crippen molar-refractivity contribution in [1.29, 1.82) is 0 Å². The van der Waals surface area contributed by atoms with Crippen molar-refractivity contribution in [1.82, 2.24) is 10.6 Å². The summed E-state index contributed by atoms with van der Waals surface area (Å²) in [6.07, 6.45) is 4.71. The molecule has 2 aliphatic carbocycles. The fourth-order valence-electron chi connectivity index (χ4n) is 3.15. The van der Waals surface area contributed by atoms with E-state index in [-0.39, 0.29) is 35.2 Å². The Kier molecular flexibility index (Phi) is 6.47. The van der Waals surface area contributed by atoms with Crippen molar-refractivity contribution in [2.24, 2.45) is 4.99 Å². The van der Waals surface area contributed by atoms with Gasteiger partial charge in [-0.2, -0.15) is 0 Å². The van der Waals surface area contributed by atoms with Crippen molar-refractivity contribution in [3.05, 3.63) is 35.6 Å². The zero-order valence-electron chi connectivity index (χ0n) is 14.1. The summed E-state index contributed by atoms with van der Waals surface area (Å²) in [6, 6.07) is 7.03. The lowest BCUT2D eigenvalue weighted by molar-refractivity contribution is -0.0236. The number of aliphatic hydroxyl groups is 1. The van der Waals surface area contributed by atoms with E-state index >= 15 is 0 Å². The van der Waals surface area contributed by atoms with Crippen LogP contribution in [0, 0.1) is 5.82 Å². The van der Waals surface area contributed by atoms with Gasteiger partial charge in [-0.1, -0.05) is 18.2 Å². The minimum absolute atomic E-state index is 0. The summed E-state index contributed by atoms with van der Waals surface area (Å²) in [7, 11) is 0. The molecule has 24 heavy (non-hydrogen) atoms. The summed E-state index contributed by atoms with van der Waals surface area (Å²) in [5.74, 6) is 0.577. The molecule has 0 amide bonds. The van der Waals surface area contributed by atoms with Crippen molar-refractivity contribution in [2.75, 3.05) is 19.6 Å². The molecule has 2 fully saturated rings.